The van der Waals surface area contributed by atoms with Gasteiger partial charge in [-0.15, -0.1) is 0 Å². The Balaban J connectivity index is 1.39. The molecule has 5 aromatic carbocycles. The molecule has 0 unspecified atom stereocenters. The van der Waals surface area contributed by atoms with Gasteiger partial charge in [-0.25, -0.2) is 0 Å². The summed E-state index contributed by atoms with van der Waals surface area (Å²) >= 11 is 0. The second kappa shape index (κ2) is 8.69. The third kappa shape index (κ3) is 3.35. The van der Waals surface area contributed by atoms with Crippen molar-refractivity contribution in [2.45, 2.75) is 0 Å². The molecule has 3 heterocycles. The first-order valence-electron chi connectivity index (χ1n) is 13.2. The van der Waals surface area contributed by atoms with Gasteiger partial charge in [0.05, 0.1) is 28.0 Å². The summed E-state index contributed by atoms with van der Waals surface area (Å²) < 4.78 is 8.62. The normalized spacial score (nSPS) is 11.5. The Labute approximate surface area is 230 Å². The fourth-order valence-corrected chi connectivity index (χ4v) is 5.84. The highest BCUT2D eigenvalue weighted by Crippen LogP contribution is 2.40. The molecule has 0 bridgehead atoms. The third-order valence-electron chi connectivity index (χ3n) is 7.68. The largest absolute Gasteiger partial charge is 0.456 e. The van der Waals surface area contributed by atoms with Crippen LogP contribution in [0.1, 0.15) is 5.56 Å². The van der Waals surface area contributed by atoms with Gasteiger partial charge in [0, 0.05) is 38.9 Å². The number of para-hydroxylation sites is 3. The lowest BCUT2D eigenvalue weighted by atomic mass is 9.99. The third-order valence-corrected chi connectivity index (χ3v) is 7.68. The van der Waals surface area contributed by atoms with Crippen LogP contribution in [0.5, 0.6) is 0 Å². The van der Waals surface area contributed by atoms with E-state index in [1.54, 1.807) is 12.3 Å². The van der Waals surface area contributed by atoms with Crippen LogP contribution in [0.15, 0.2) is 132 Å². The van der Waals surface area contributed by atoms with Gasteiger partial charge >= 0.3 is 0 Å². The highest BCUT2D eigenvalue weighted by atomic mass is 16.3. The van der Waals surface area contributed by atoms with Crippen LogP contribution in [-0.2, 0) is 0 Å². The van der Waals surface area contributed by atoms with Crippen LogP contribution >= 0.6 is 0 Å². The predicted molar refractivity (Wildman–Crippen MR) is 161 cm³/mol. The topological polar surface area (TPSA) is 54.8 Å². The first kappa shape index (κ1) is 22.3. The molecule has 0 aliphatic carbocycles. The Hall–Kier alpha value is -5.66. The van der Waals surface area contributed by atoms with E-state index in [1.165, 1.54) is 5.39 Å². The van der Waals surface area contributed by atoms with Crippen molar-refractivity contribution in [1.29, 1.82) is 5.26 Å². The number of fused-ring (bicyclic) bond motifs is 6. The van der Waals surface area contributed by atoms with Gasteiger partial charge in [0.2, 0.25) is 0 Å². The standard InChI is InChI=1S/C36H21N3O/c37-21-23-16-17-31(38-22-23)25-9-7-8-24(18-25)26-10-1-4-13-32(26)39-33-14-5-2-11-27(33)29-20-36-30(19-34(29)39)28-12-3-6-15-35(28)40-36/h1-20,22H. The molecule has 0 atom stereocenters. The molecule has 0 fully saturated rings. The Kier molecular flexibility index (Phi) is 4.85. The van der Waals surface area contributed by atoms with E-state index < -0.39 is 0 Å². The van der Waals surface area contributed by atoms with E-state index in [4.69, 9.17) is 9.68 Å². The van der Waals surface area contributed by atoms with Crippen LogP contribution in [-0.4, -0.2) is 9.55 Å². The van der Waals surface area contributed by atoms with Crippen molar-refractivity contribution < 1.29 is 4.42 Å². The second-order valence-corrected chi connectivity index (χ2v) is 9.96. The number of aromatic nitrogens is 2. The lowest BCUT2D eigenvalue weighted by Gasteiger charge is -2.15. The van der Waals surface area contributed by atoms with Crippen molar-refractivity contribution in [3.05, 3.63) is 133 Å². The number of pyridine rings is 1. The quantitative estimate of drug-likeness (QED) is 0.237. The monoisotopic (exact) mass is 511 g/mol. The van der Waals surface area contributed by atoms with Crippen LogP contribution in [0.2, 0.25) is 0 Å². The highest BCUT2D eigenvalue weighted by molar-refractivity contribution is 6.17. The first-order chi connectivity index (χ1) is 19.8. The molecule has 8 rings (SSSR count). The van der Waals surface area contributed by atoms with E-state index in [-0.39, 0.29) is 0 Å². The minimum atomic E-state index is 0.552. The average Bonchev–Trinajstić information content (AvgIpc) is 3.55. The second-order valence-electron chi connectivity index (χ2n) is 9.96. The zero-order valence-corrected chi connectivity index (χ0v) is 21.4. The number of rotatable bonds is 3. The molecule has 4 heteroatoms. The van der Waals surface area contributed by atoms with Crippen LogP contribution in [0, 0.1) is 11.3 Å². The minimum Gasteiger partial charge on any atom is -0.456 e. The Morgan fingerprint density at radius 2 is 1.40 bits per heavy atom. The molecule has 0 aliphatic heterocycles. The summed E-state index contributed by atoms with van der Waals surface area (Å²) in [5.74, 6) is 0. The molecule has 0 amide bonds. The van der Waals surface area contributed by atoms with E-state index in [1.807, 2.05) is 18.2 Å². The molecule has 0 saturated carbocycles. The lowest BCUT2D eigenvalue weighted by Crippen LogP contribution is -1.97. The predicted octanol–water partition coefficient (Wildman–Crippen LogP) is 9.28. The van der Waals surface area contributed by atoms with Crippen LogP contribution in [0.25, 0.3) is 71.8 Å². The smallest absolute Gasteiger partial charge is 0.136 e. The summed E-state index contributed by atoms with van der Waals surface area (Å²) in [4.78, 5) is 4.52. The van der Waals surface area contributed by atoms with E-state index >= 15 is 0 Å². The summed E-state index contributed by atoms with van der Waals surface area (Å²) in [6, 6.07) is 44.0. The maximum Gasteiger partial charge on any atom is 0.136 e. The van der Waals surface area contributed by atoms with E-state index in [0.717, 1.165) is 66.4 Å². The van der Waals surface area contributed by atoms with Crippen LogP contribution < -0.4 is 0 Å². The summed E-state index contributed by atoms with van der Waals surface area (Å²) in [6.45, 7) is 0. The molecular weight excluding hydrogens is 490 g/mol. The Morgan fingerprint density at radius 3 is 2.27 bits per heavy atom. The number of nitrogens with zero attached hydrogens (tertiary/aromatic N) is 3. The first-order valence-corrected chi connectivity index (χ1v) is 13.2. The molecule has 186 valence electrons. The SMILES string of the molecule is N#Cc1ccc(-c2cccc(-c3ccccc3-n3c4ccccc4c4cc5oc6ccccc6c5cc43)c2)nc1. The number of hydrogen-bond acceptors (Lipinski definition) is 3. The number of hydrogen-bond donors (Lipinski definition) is 0. The van der Waals surface area contributed by atoms with Crippen molar-refractivity contribution in [1.82, 2.24) is 9.55 Å². The molecule has 4 nitrogen and oxygen atoms in total. The maximum absolute atomic E-state index is 9.16. The number of nitriles is 1. The molecule has 3 aromatic heterocycles. The minimum absolute atomic E-state index is 0.552. The zero-order chi connectivity index (χ0) is 26.6. The van der Waals surface area contributed by atoms with Crippen molar-refractivity contribution in [3.8, 4) is 34.1 Å². The highest BCUT2D eigenvalue weighted by Gasteiger charge is 2.18. The van der Waals surface area contributed by atoms with E-state index in [0.29, 0.717) is 5.56 Å². The molecule has 8 aromatic rings. The van der Waals surface area contributed by atoms with Gasteiger partial charge in [-0.1, -0.05) is 72.8 Å². The van der Waals surface area contributed by atoms with Crippen molar-refractivity contribution >= 4 is 43.7 Å². The van der Waals surface area contributed by atoms with E-state index in [9.17, 15) is 0 Å². The molecular formula is C36H21N3O. The fraction of sp³-hybridized carbons (Fsp3) is 0. The van der Waals surface area contributed by atoms with Gasteiger partial charge in [-0.3, -0.25) is 4.98 Å². The number of benzene rings is 5. The van der Waals surface area contributed by atoms with E-state index in [2.05, 4.69) is 113 Å². The van der Waals surface area contributed by atoms with Crippen molar-refractivity contribution in [2.24, 2.45) is 0 Å². The fourth-order valence-electron chi connectivity index (χ4n) is 5.84. The summed E-state index contributed by atoms with van der Waals surface area (Å²) in [7, 11) is 0. The summed E-state index contributed by atoms with van der Waals surface area (Å²) in [5, 5.41) is 13.7. The molecule has 40 heavy (non-hydrogen) atoms. The molecule has 0 saturated heterocycles. The molecule has 0 aliphatic rings. The summed E-state index contributed by atoms with van der Waals surface area (Å²) in [5.41, 5.74) is 9.79. The van der Waals surface area contributed by atoms with Crippen LogP contribution in [0.4, 0.5) is 0 Å². The zero-order valence-electron chi connectivity index (χ0n) is 21.4. The van der Waals surface area contributed by atoms with Gasteiger partial charge in [0.15, 0.2) is 0 Å². The van der Waals surface area contributed by atoms with Crippen LogP contribution in [0.3, 0.4) is 0 Å². The Morgan fingerprint density at radius 1 is 0.600 bits per heavy atom. The van der Waals surface area contributed by atoms with Gasteiger partial charge in [-0.2, -0.15) is 5.26 Å². The average molecular weight is 512 g/mol. The van der Waals surface area contributed by atoms with Crippen molar-refractivity contribution in [3.63, 3.8) is 0 Å². The van der Waals surface area contributed by atoms with Crippen molar-refractivity contribution in [2.75, 3.05) is 0 Å². The number of furan rings is 1. The Bertz CT molecular complexity index is 2280. The maximum atomic E-state index is 9.16. The lowest BCUT2D eigenvalue weighted by molar-refractivity contribution is 0.669. The molecule has 0 radical (unpaired) electrons. The molecule has 0 spiro atoms. The van der Waals surface area contributed by atoms with Gasteiger partial charge in [0.25, 0.3) is 0 Å². The van der Waals surface area contributed by atoms with Gasteiger partial charge < -0.3 is 8.98 Å². The van der Waals surface area contributed by atoms with Gasteiger partial charge in [-0.05, 0) is 54.1 Å². The van der Waals surface area contributed by atoms with Gasteiger partial charge in [0.1, 0.15) is 17.2 Å². The molecule has 0 N–H and O–H groups in total. The summed E-state index contributed by atoms with van der Waals surface area (Å²) in [6.07, 6.45) is 1.62.